The van der Waals surface area contributed by atoms with Gasteiger partial charge in [-0.2, -0.15) is 4.68 Å². The van der Waals surface area contributed by atoms with Crippen LogP contribution in [0.3, 0.4) is 0 Å². The Morgan fingerprint density at radius 2 is 2.29 bits per heavy atom. The van der Waals surface area contributed by atoms with Crippen molar-refractivity contribution in [2.75, 3.05) is 11.9 Å². The first-order chi connectivity index (χ1) is 8.31. The van der Waals surface area contributed by atoms with Gasteiger partial charge in [0.2, 0.25) is 0 Å². The van der Waals surface area contributed by atoms with Gasteiger partial charge in [0, 0.05) is 5.69 Å². The van der Waals surface area contributed by atoms with E-state index in [1.807, 2.05) is 38.1 Å². The maximum atomic E-state index is 3.92. The highest BCUT2D eigenvalue weighted by atomic mass is 15.5. The molecule has 0 bridgehead atoms. The van der Waals surface area contributed by atoms with E-state index < -0.39 is 0 Å². The van der Waals surface area contributed by atoms with E-state index in [-0.39, 0.29) is 0 Å². The smallest absolute Gasteiger partial charge is 0.153 e. The summed E-state index contributed by atoms with van der Waals surface area (Å²) in [6.07, 6.45) is 0. The lowest BCUT2D eigenvalue weighted by atomic mass is 10.2. The van der Waals surface area contributed by atoms with E-state index in [4.69, 9.17) is 0 Å². The van der Waals surface area contributed by atoms with Gasteiger partial charge in [0.05, 0.1) is 12.2 Å². The Balaban J connectivity index is 2.22. The van der Waals surface area contributed by atoms with E-state index in [1.165, 1.54) is 0 Å². The molecule has 1 N–H and O–H groups in total. The first kappa shape index (κ1) is 11.1. The third kappa shape index (κ3) is 2.61. The van der Waals surface area contributed by atoms with Crippen molar-refractivity contribution in [3.8, 4) is 17.5 Å². The second-order valence-electron chi connectivity index (χ2n) is 3.47. The van der Waals surface area contributed by atoms with Gasteiger partial charge in [-0.05, 0) is 42.5 Å². The second kappa shape index (κ2) is 5.12. The van der Waals surface area contributed by atoms with Crippen LogP contribution in [0.2, 0.25) is 0 Å². The van der Waals surface area contributed by atoms with Crippen molar-refractivity contribution < 1.29 is 0 Å². The Morgan fingerprint density at radius 3 is 3.00 bits per heavy atom. The normalized spacial score (nSPS) is 9.53. The van der Waals surface area contributed by atoms with Crippen LogP contribution >= 0.6 is 0 Å². The van der Waals surface area contributed by atoms with Crippen LogP contribution in [-0.2, 0) is 0 Å². The molecule has 0 saturated heterocycles. The van der Waals surface area contributed by atoms with Gasteiger partial charge in [-0.15, -0.1) is 11.0 Å². The van der Waals surface area contributed by atoms with Crippen LogP contribution in [0.4, 0.5) is 5.69 Å². The summed E-state index contributed by atoms with van der Waals surface area (Å²) in [6, 6.07) is 7.89. The molecule has 1 heterocycles. The Morgan fingerprint density at radius 1 is 1.41 bits per heavy atom. The number of nitrogens with one attached hydrogen (secondary N) is 1. The Labute approximate surface area is 99.8 Å². The zero-order chi connectivity index (χ0) is 12.1. The highest BCUT2D eigenvalue weighted by Gasteiger charge is 2.03. The number of hydrogen-bond acceptors (Lipinski definition) is 4. The minimum atomic E-state index is 0.633. The standard InChI is InChI=1S/C12H13N5/c1-3-4-8-13-11-6-5-7-12(9-11)17-10(2)14-15-16-17/h5-7,9,13H,8H2,1-2H3. The van der Waals surface area contributed by atoms with Crippen LogP contribution in [-0.4, -0.2) is 26.8 Å². The summed E-state index contributed by atoms with van der Waals surface area (Å²) in [5.41, 5.74) is 1.93. The van der Waals surface area contributed by atoms with Crippen molar-refractivity contribution >= 4 is 5.69 Å². The van der Waals surface area contributed by atoms with E-state index in [1.54, 1.807) is 4.68 Å². The minimum Gasteiger partial charge on any atom is -0.374 e. The van der Waals surface area contributed by atoms with Gasteiger partial charge in [0.15, 0.2) is 5.82 Å². The molecule has 0 saturated carbocycles. The van der Waals surface area contributed by atoms with Gasteiger partial charge in [-0.25, -0.2) is 0 Å². The summed E-state index contributed by atoms with van der Waals surface area (Å²) in [7, 11) is 0. The fourth-order valence-corrected chi connectivity index (χ4v) is 1.45. The van der Waals surface area contributed by atoms with E-state index in [0.717, 1.165) is 17.2 Å². The predicted molar refractivity (Wildman–Crippen MR) is 65.8 cm³/mol. The average molecular weight is 227 g/mol. The Bertz CT molecular complexity index is 562. The molecule has 2 rings (SSSR count). The average Bonchev–Trinajstić information content (AvgIpc) is 2.76. The van der Waals surface area contributed by atoms with Crippen LogP contribution in [0.1, 0.15) is 12.7 Å². The third-order valence-electron chi connectivity index (χ3n) is 2.27. The third-order valence-corrected chi connectivity index (χ3v) is 2.27. The predicted octanol–water partition coefficient (Wildman–Crippen LogP) is 1.41. The molecule has 0 unspecified atom stereocenters. The highest BCUT2D eigenvalue weighted by Crippen LogP contribution is 2.14. The quantitative estimate of drug-likeness (QED) is 0.805. The fourth-order valence-electron chi connectivity index (χ4n) is 1.45. The second-order valence-corrected chi connectivity index (χ2v) is 3.47. The molecular formula is C12H13N5. The number of aromatic nitrogens is 4. The molecule has 0 atom stereocenters. The topological polar surface area (TPSA) is 55.6 Å². The van der Waals surface area contributed by atoms with Crippen molar-refractivity contribution in [3.05, 3.63) is 30.1 Å². The summed E-state index contributed by atoms with van der Waals surface area (Å²) >= 11 is 0. The summed E-state index contributed by atoms with van der Waals surface area (Å²) in [5, 5.41) is 14.6. The molecular weight excluding hydrogens is 214 g/mol. The summed E-state index contributed by atoms with van der Waals surface area (Å²) in [4.78, 5) is 0. The molecule has 5 nitrogen and oxygen atoms in total. The number of aryl methyl sites for hydroxylation is 1. The molecule has 0 aliphatic rings. The molecule has 0 amide bonds. The Kier molecular flexibility index (Phi) is 3.36. The number of hydrogen-bond donors (Lipinski definition) is 1. The van der Waals surface area contributed by atoms with Crippen molar-refractivity contribution in [1.29, 1.82) is 0 Å². The SMILES string of the molecule is CC#CCNc1cccc(-n2nnnc2C)c1. The number of anilines is 1. The lowest BCUT2D eigenvalue weighted by Gasteiger charge is -2.06. The van der Waals surface area contributed by atoms with Crippen LogP contribution in [0.15, 0.2) is 24.3 Å². The van der Waals surface area contributed by atoms with Crippen LogP contribution in [0.25, 0.3) is 5.69 Å². The number of nitrogens with zero attached hydrogens (tertiary/aromatic N) is 4. The van der Waals surface area contributed by atoms with E-state index in [0.29, 0.717) is 6.54 Å². The zero-order valence-electron chi connectivity index (χ0n) is 9.81. The first-order valence-corrected chi connectivity index (χ1v) is 5.30. The maximum absolute atomic E-state index is 3.92. The van der Waals surface area contributed by atoms with Crippen molar-refractivity contribution in [1.82, 2.24) is 20.2 Å². The van der Waals surface area contributed by atoms with Crippen molar-refractivity contribution in [2.24, 2.45) is 0 Å². The van der Waals surface area contributed by atoms with Gasteiger partial charge in [-0.3, -0.25) is 0 Å². The maximum Gasteiger partial charge on any atom is 0.153 e. The van der Waals surface area contributed by atoms with Crippen LogP contribution in [0.5, 0.6) is 0 Å². The number of benzene rings is 1. The highest BCUT2D eigenvalue weighted by molar-refractivity contribution is 5.51. The van der Waals surface area contributed by atoms with E-state index >= 15 is 0 Å². The molecule has 1 aromatic carbocycles. The summed E-state index contributed by atoms with van der Waals surface area (Å²) in [5.74, 6) is 6.55. The lowest BCUT2D eigenvalue weighted by molar-refractivity contribution is 0.779. The zero-order valence-corrected chi connectivity index (χ0v) is 9.81. The van der Waals surface area contributed by atoms with Crippen LogP contribution in [0, 0.1) is 18.8 Å². The van der Waals surface area contributed by atoms with Crippen molar-refractivity contribution in [2.45, 2.75) is 13.8 Å². The van der Waals surface area contributed by atoms with Gasteiger partial charge in [-0.1, -0.05) is 12.0 Å². The molecule has 1 aromatic heterocycles. The Hall–Kier alpha value is -2.35. The number of rotatable bonds is 3. The lowest BCUT2D eigenvalue weighted by Crippen LogP contribution is -2.02. The molecule has 86 valence electrons. The monoisotopic (exact) mass is 227 g/mol. The van der Waals surface area contributed by atoms with E-state index in [9.17, 15) is 0 Å². The van der Waals surface area contributed by atoms with E-state index in [2.05, 4.69) is 32.7 Å². The van der Waals surface area contributed by atoms with Gasteiger partial charge in [0.25, 0.3) is 0 Å². The molecule has 0 radical (unpaired) electrons. The molecule has 5 heteroatoms. The molecule has 2 aromatic rings. The van der Waals surface area contributed by atoms with Gasteiger partial charge < -0.3 is 5.32 Å². The molecule has 17 heavy (non-hydrogen) atoms. The first-order valence-electron chi connectivity index (χ1n) is 5.30. The van der Waals surface area contributed by atoms with Gasteiger partial charge in [0.1, 0.15) is 0 Å². The molecule has 0 fully saturated rings. The molecule has 0 aliphatic carbocycles. The largest absolute Gasteiger partial charge is 0.374 e. The summed E-state index contributed by atoms with van der Waals surface area (Å²) in [6.45, 7) is 4.32. The molecule has 0 spiro atoms. The number of tetrazole rings is 1. The van der Waals surface area contributed by atoms with Crippen LogP contribution < -0.4 is 5.32 Å². The van der Waals surface area contributed by atoms with Crippen molar-refractivity contribution in [3.63, 3.8) is 0 Å². The van der Waals surface area contributed by atoms with Gasteiger partial charge >= 0.3 is 0 Å². The summed E-state index contributed by atoms with van der Waals surface area (Å²) < 4.78 is 1.69. The fraction of sp³-hybridized carbons (Fsp3) is 0.250. The minimum absolute atomic E-state index is 0.633. The molecule has 0 aliphatic heterocycles.